The van der Waals surface area contributed by atoms with Gasteiger partial charge in [-0.1, -0.05) is 6.07 Å². The minimum absolute atomic E-state index is 0.206. The highest BCUT2D eigenvalue weighted by atomic mass is 32.1. The van der Waals surface area contributed by atoms with Gasteiger partial charge in [0.15, 0.2) is 5.11 Å². The lowest BCUT2D eigenvalue weighted by Gasteiger charge is -2.29. The van der Waals surface area contributed by atoms with E-state index in [1.165, 1.54) is 12.1 Å². The number of nitrogens with one attached hydrogen (secondary N) is 1. The van der Waals surface area contributed by atoms with Gasteiger partial charge in [-0.05, 0) is 109 Å². The van der Waals surface area contributed by atoms with Gasteiger partial charge >= 0.3 is 0 Å². The highest BCUT2D eigenvalue weighted by Gasteiger charge is 2.42. The predicted octanol–water partition coefficient (Wildman–Crippen LogP) is 6.99. The Hall–Kier alpha value is -4.69. The molecule has 0 radical (unpaired) electrons. The maximum Gasteiger partial charge on any atom is 0.174 e. The molecule has 3 heterocycles. The first-order valence-electron chi connectivity index (χ1n) is 12.5. The topological polar surface area (TPSA) is 51.6 Å². The largest absolute Gasteiger partial charge is 0.497 e. The van der Waals surface area contributed by atoms with Crippen molar-refractivity contribution in [3.05, 3.63) is 133 Å². The van der Waals surface area contributed by atoms with Crippen LogP contribution in [0.2, 0.25) is 0 Å². The van der Waals surface area contributed by atoms with E-state index in [0.29, 0.717) is 16.6 Å². The molecule has 8 heteroatoms. The van der Waals surface area contributed by atoms with Crippen LogP contribution in [0.15, 0.2) is 116 Å². The fraction of sp³-hybridized carbons (Fsp3) is 0.0968. The van der Waals surface area contributed by atoms with E-state index in [1.54, 1.807) is 25.4 Å². The highest BCUT2D eigenvalue weighted by molar-refractivity contribution is 7.80. The van der Waals surface area contributed by atoms with Crippen molar-refractivity contribution < 1.29 is 13.9 Å². The molecule has 1 fully saturated rings. The molecule has 1 aliphatic rings. The Morgan fingerprint density at radius 1 is 0.795 bits per heavy atom. The van der Waals surface area contributed by atoms with E-state index in [1.807, 2.05) is 79.0 Å². The summed E-state index contributed by atoms with van der Waals surface area (Å²) in [6.07, 6.45) is 3.76. The van der Waals surface area contributed by atoms with Gasteiger partial charge < -0.3 is 24.3 Å². The fourth-order valence-electron chi connectivity index (χ4n) is 4.86. The van der Waals surface area contributed by atoms with Crippen LogP contribution in [-0.4, -0.2) is 21.8 Å². The van der Waals surface area contributed by atoms with E-state index in [2.05, 4.69) is 25.8 Å². The lowest BCUT2D eigenvalue weighted by Crippen LogP contribution is -2.30. The highest BCUT2D eigenvalue weighted by Crippen LogP contribution is 2.42. The Morgan fingerprint density at radius 2 is 1.46 bits per heavy atom. The third-order valence-electron chi connectivity index (χ3n) is 6.70. The molecule has 6 rings (SSSR count). The Balaban J connectivity index is 1.36. The Kier molecular flexibility index (Phi) is 6.69. The molecule has 1 saturated heterocycles. The number of pyridine rings is 1. The summed E-state index contributed by atoms with van der Waals surface area (Å²) in [7, 11) is 1.63. The Morgan fingerprint density at radius 3 is 2.13 bits per heavy atom. The van der Waals surface area contributed by atoms with E-state index >= 15 is 0 Å². The van der Waals surface area contributed by atoms with Crippen LogP contribution in [0.25, 0.3) is 5.69 Å². The maximum atomic E-state index is 13.7. The van der Waals surface area contributed by atoms with Crippen LogP contribution in [0.4, 0.5) is 10.1 Å². The second kappa shape index (κ2) is 10.6. The van der Waals surface area contributed by atoms with Crippen LogP contribution in [-0.2, 0) is 0 Å². The Bertz CT molecular complexity index is 1570. The van der Waals surface area contributed by atoms with Crippen molar-refractivity contribution in [1.29, 1.82) is 0 Å². The number of benzene rings is 3. The Labute approximate surface area is 231 Å². The molecule has 0 saturated carbocycles. The van der Waals surface area contributed by atoms with Crippen LogP contribution < -0.4 is 19.7 Å². The van der Waals surface area contributed by atoms with Gasteiger partial charge in [0.25, 0.3) is 0 Å². The SMILES string of the molecule is COc1ccc(Oc2ccc(N3C(=S)N[C@H](c4ccccn4)[C@@H]3c3cccn3-c3ccc(F)cc3)cc2)cc1. The van der Waals surface area contributed by atoms with Crippen LogP contribution in [0.3, 0.4) is 0 Å². The number of anilines is 1. The molecule has 1 N–H and O–H groups in total. The lowest BCUT2D eigenvalue weighted by molar-refractivity contribution is 0.413. The molecule has 0 aliphatic carbocycles. The molecule has 2 aromatic heterocycles. The smallest absolute Gasteiger partial charge is 0.174 e. The van der Waals surface area contributed by atoms with Crippen molar-refractivity contribution in [3.63, 3.8) is 0 Å². The molecule has 0 spiro atoms. The number of rotatable bonds is 7. The summed E-state index contributed by atoms with van der Waals surface area (Å²) < 4.78 is 27.0. The molecule has 1 aliphatic heterocycles. The molecule has 5 aromatic rings. The first-order chi connectivity index (χ1) is 19.1. The van der Waals surface area contributed by atoms with Gasteiger partial charge in [-0.2, -0.15) is 0 Å². The number of hydrogen-bond donors (Lipinski definition) is 1. The van der Waals surface area contributed by atoms with Gasteiger partial charge in [0.2, 0.25) is 0 Å². The fourth-order valence-corrected chi connectivity index (χ4v) is 5.21. The van der Waals surface area contributed by atoms with Crippen LogP contribution in [0, 0.1) is 5.82 Å². The van der Waals surface area contributed by atoms with Crippen molar-refractivity contribution in [2.24, 2.45) is 0 Å². The third kappa shape index (κ3) is 4.94. The number of hydrogen-bond acceptors (Lipinski definition) is 4. The summed E-state index contributed by atoms with van der Waals surface area (Å²) in [6.45, 7) is 0. The first-order valence-corrected chi connectivity index (χ1v) is 12.9. The standard InChI is InChI=1S/C31H25FN4O2S/c1-37-24-15-17-26(18-16-24)38-25-13-11-23(12-14-25)36-30(29(34-31(36)39)27-5-2-3-19-33-27)28-6-4-20-35(28)22-9-7-21(32)8-10-22/h2-20,29-30H,1H3,(H,34,39)/t29-,30+/m1/s1. The second-order valence-corrected chi connectivity index (χ2v) is 9.43. The third-order valence-corrected chi connectivity index (χ3v) is 7.01. The summed E-state index contributed by atoms with van der Waals surface area (Å²) in [5, 5.41) is 4.08. The van der Waals surface area contributed by atoms with E-state index in [-0.39, 0.29) is 17.9 Å². The maximum absolute atomic E-state index is 13.7. The normalized spacial score (nSPS) is 16.7. The number of ether oxygens (including phenoxy) is 2. The average molecular weight is 537 g/mol. The number of methoxy groups -OCH3 is 1. The molecule has 0 unspecified atom stereocenters. The van der Waals surface area contributed by atoms with Crippen LogP contribution >= 0.6 is 12.2 Å². The first kappa shape index (κ1) is 24.6. The molecule has 0 amide bonds. The summed E-state index contributed by atoms with van der Waals surface area (Å²) in [5.74, 6) is 1.91. The van der Waals surface area contributed by atoms with E-state index in [4.69, 9.17) is 21.7 Å². The summed E-state index contributed by atoms with van der Waals surface area (Å²) in [4.78, 5) is 6.73. The minimum atomic E-state index is -0.277. The van der Waals surface area contributed by atoms with Gasteiger partial charge in [0.1, 0.15) is 29.1 Å². The number of halogens is 1. The molecule has 0 bridgehead atoms. The monoisotopic (exact) mass is 536 g/mol. The number of aromatic nitrogens is 2. The van der Waals surface area contributed by atoms with Crippen molar-refractivity contribution in [2.75, 3.05) is 12.0 Å². The van der Waals surface area contributed by atoms with Crippen LogP contribution in [0.1, 0.15) is 23.5 Å². The van der Waals surface area contributed by atoms with Gasteiger partial charge in [0, 0.05) is 29.5 Å². The summed E-state index contributed by atoms with van der Waals surface area (Å²) in [5.41, 5.74) is 3.63. The molecule has 6 nitrogen and oxygen atoms in total. The van der Waals surface area contributed by atoms with Crippen molar-refractivity contribution in [2.45, 2.75) is 12.1 Å². The molecular weight excluding hydrogens is 511 g/mol. The zero-order chi connectivity index (χ0) is 26.8. The number of nitrogens with zero attached hydrogens (tertiary/aromatic N) is 3. The molecule has 194 valence electrons. The lowest BCUT2D eigenvalue weighted by atomic mass is 10.0. The number of thiocarbonyl (C=S) groups is 1. The van der Waals surface area contributed by atoms with Crippen molar-refractivity contribution >= 4 is 23.0 Å². The van der Waals surface area contributed by atoms with E-state index < -0.39 is 0 Å². The second-order valence-electron chi connectivity index (χ2n) is 9.05. The van der Waals surface area contributed by atoms with Crippen molar-refractivity contribution in [1.82, 2.24) is 14.9 Å². The molecule has 2 atom stereocenters. The minimum Gasteiger partial charge on any atom is -0.497 e. The van der Waals surface area contributed by atoms with Gasteiger partial charge in [-0.15, -0.1) is 0 Å². The van der Waals surface area contributed by atoms with Crippen LogP contribution in [0.5, 0.6) is 17.2 Å². The summed E-state index contributed by atoms with van der Waals surface area (Å²) in [6, 6.07) is 31.2. The predicted molar refractivity (Wildman–Crippen MR) is 153 cm³/mol. The van der Waals surface area contributed by atoms with Gasteiger partial charge in [-0.25, -0.2) is 4.39 Å². The van der Waals surface area contributed by atoms with Gasteiger partial charge in [0.05, 0.1) is 18.8 Å². The van der Waals surface area contributed by atoms with Crippen molar-refractivity contribution in [3.8, 4) is 22.9 Å². The molecule has 3 aromatic carbocycles. The summed E-state index contributed by atoms with van der Waals surface area (Å²) >= 11 is 5.87. The quantitative estimate of drug-likeness (QED) is 0.226. The average Bonchev–Trinajstić information content (AvgIpc) is 3.59. The molecule has 39 heavy (non-hydrogen) atoms. The van der Waals surface area contributed by atoms with E-state index in [0.717, 1.165) is 28.5 Å². The zero-order valence-corrected chi connectivity index (χ0v) is 21.9. The van der Waals surface area contributed by atoms with Gasteiger partial charge in [-0.3, -0.25) is 4.98 Å². The zero-order valence-electron chi connectivity index (χ0n) is 21.1. The molecular formula is C31H25FN4O2S. The van der Waals surface area contributed by atoms with E-state index in [9.17, 15) is 4.39 Å².